The van der Waals surface area contributed by atoms with Crippen molar-refractivity contribution in [1.82, 2.24) is 36.8 Å². The van der Waals surface area contributed by atoms with E-state index in [1.54, 1.807) is 65.0 Å². The molecular formula is C59H84ClN7O18S. The number of epoxide rings is 1. The minimum atomic E-state index is -4.32. The van der Waals surface area contributed by atoms with Crippen molar-refractivity contribution in [3.63, 3.8) is 0 Å². The molecule has 0 bridgehead atoms. The van der Waals surface area contributed by atoms with Gasteiger partial charge in [0.2, 0.25) is 41.4 Å². The summed E-state index contributed by atoms with van der Waals surface area (Å²) in [6, 6.07) is 8.13. The molecule has 2 aliphatic rings. The first-order valence-electron chi connectivity index (χ1n) is 28.4. The number of hydrogen-bond acceptors (Lipinski definition) is 16. The van der Waals surface area contributed by atoms with E-state index in [9.17, 15) is 61.5 Å². The third-order valence-corrected chi connectivity index (χ3v) is 15.7. The number of aliphatic carboxylic acids is 1. The summed E-state index contributed by atoms with van der Waals surface area (Å²) >= 11 is 6.40. The smallest absolute Gasteiger partial charge is 0.347 e. The number of nitrogens with zero attached hydrogens (tertiary/aromatic N) is 1. The normalized spacial score (nSPS) is 21.6. The van der Waals surface area contributed by atoms with E-state index in [-0.39, 0.29) is 58.2 Å². The molecule has 7 amide bonds. The van der Waals surface area contributed by atoms with Crippen molar-refractivity contribution in [2.75, 3.05) is 32.5 Å². The molecule has 0 aliphatic carbocycles. The number of halogens is 1. The van der Waals surface area contributed by atoms with Crippen LogP contribution < -0.4 is 36.6 Å². The van der Waals surface area contributed by atoms with Gasteiger partial charge in [-0.1, -0.05) is 89.6 Å². The van der Waals surface area contributed by atoms with E-state index in [1.807, 2.05) is 39.8 Å². The number of esters is 2. The summed E-state index contributed by atoms with van der Waals surface area (Å²) in [7, 11) is -2.85. The van der Waals surface area contributed by atoms with Crippen LogP contribution in [-0.4, -0.2) is 157 Å². The molecule has 25 nitrogen and oxygen atoms in total. The Bertz CT molecular complexity index is 2910. The molecule has 0 spiro atoms. The number of rotatable bonds is 26. The molecule has 2 heterocycles. The van der Waals surface area contributed by atoms with E-state index in [0.717, 1.165) is 10.5 Å². The van der Waals surface area contributed by atoms with Crippen LogP contribution in [0.3, 0.4) is 0 Å². The number of hydrogen-bond donors (Lipinski definition) is 8. The summed E-state index contributed by atoms with van der Waals surface area (Å²) in [5.41, 5.74) is 0.256. The van der Waals surface area contributed by atoms with Gasteiger partial charge in [-0.2, -0.15) is 8.42 Å². The number of carbonyl (C=O) groups is 10. The number of methoxy groups -OCH3 is 1. The molecule has 2 aliphatic heterocycles. The molecule has 0 radical (unpaired) electrons. The predicted molar refractivity (Wildman–Crippen MR) is 314 cm³/mol. The summed E-state index contributed by atoms with van der Waals surface area (Å²) < 4.78 is 54.3. The van der Waals surface area contributed by atoms with Crippen molar-refractivity contribution in [3.05, 3.63) is 76.3 Å². The average Bonchev–Trinajstić information content (AvgIpc) is 2.07. The van der Waals surface area contributed by atoms with Crippen LogP contribution in [0.5, 0.6) is 5.75 Å². The lowest BCUT2D eigenvalue weighted by Gasteiger charge is -2.34. The number of benzene rings is 2. The molecule has 86 heavy (non-hydrogen) atoms. The van der Waals surface area contributed by atoms with E-state index in [0.29, 0.717) is 21.9 Å². The second-order valence-corrected chi connectivity index (χ2v) is 25.7. The number of carbonyl (C=O) groups excluding carboxylic acids is 9. The number of carboxylic acids is 1. The Balaban J connectivity index is 1.39. The van der Waals surface area contributed by atoms with E-state index >= 15 is 0 Å². The van der Waals surface area contributed by atoms with Gasteiger partial charge in [0.05, 0.1) is 35.8 Å². The fourth-order valence-corrected chi connectivity index (χ4v) is 9.66. The molecule has 0 saturated carbocycles. The van der Waals surface area contributed by atoms with Gasteiger partial charge in [0.1, 0.15) is 36.1 Å². The molecule has 2 aromatic carbocycles. The number of nitrogens with one attached hydrogen (secondary N) is 6. The summed E-state index contributed by atoms with van der Waals surface area (Å²) in [6.45, 7) is 16.3. The van der Waals surface area contributed by atoms with Crippen LogP contribution in [0, 0.1) is 22.7 Å². The van der Waals surface area contributed by atoms with Gasteiger partial charge >= 0.3 is 17.9 Å². The van der Waals surface area contributed by atoms with Gasteiger partial charge in [0.25, 0.3) is 10.1 Å². The van der Waals surface area contributed by atoms with Crippen LogP contribution in [0.4, 0.5) is 0 Å². The quantitative estimate of drug-likeness (QED) is 0.0379. The van der Waals surface area contributed by atoms with Gasteiger partial charge in [-0.15, -0.1) is 0 Å². The molecular weight excluding hydrogens is 1160 g/mol. The van der Waals surface area contributed by atoms with Gasteiger partial charge in [-0.25, -0.2) is 4.79 Å². The molecule has 1 saturated heterocycles. The second kappa shape index (κ2) is 32.0. The Hall–Kier alpha value is -7.16. The molecule has 9 atom stereocenters. The summed E-state index contributed by atoms with van der Waals surface area (Å²) in [6.07, 6.45) is -1.66. The first kappa shape index (κ1) is 71.3. The van der Waals surface area contributed by atoms with Crippen LogP contribution >= 0.6 is 11.6 Å². The van der Waals surface area contributed by atoms with Crippen LogP contribution in [0.25, 0.3) is 0 Å². The Morgan fingerprint density at radius 2 is 1.51 bits per heavy atom. The lowest BCUT2D eigenvalue weighted by atomic mass is 9.84. The van der Waals surface area contributed by atoms with Gasteiger partial charge in [-0.3, -0.25) is 47.7 Å². The van der Waals surface area contributed by atoms with E-state index in [2.05, 4.69) is 31.9 Å². The van der Waals surface area contributed by atoms with Crippen LogP contribution in [0.15, 0.2) is 54.6 Å². The van der Waals surface area contributed by atoms with Crippen LogP contribution in [0.2, 0.25) is 5.02 Å². The highest BCUT2D eigenvalue weighted by atomic mass is 35.5. The lowest BCUT2D eigenvalue weighted by Crippen LogP contribution is -2.55. The highest BCUT2D eigenvalue weighted by molar-refractivity contribution is 7.85. The Kier molecular flexibility index (Phi) is 26.5. The number of cyclic esters (lactones) is 2. The third-order valence-electron chi connectivity index (χ3n) is 14.7. The standard InChI is InChI=1S/C59H84ClN7O18S/c1-33(2)50(66-47(70)23-26-67(27-24-49(72)73)48(71)22-21-45(68)61-25-28-86(79,80)81)55(76)63-35(4)53(74)62-32-37-15-18-39(19-16-37)52-51(85-52)34(3)42-13-12-14-46(69)65-41(30-38-17-20-43(82-11)40(60)29-38)54(75)64-36(5)59(9,10)57(78)84-44(56(77)83-42)31-58(6,7)8/h12,14-20,29,33-36,41-42,44,50-52H,13,21-28,30-32H2,1-11H3,(H,61,68)(H,62,74)(H,63,76)(H,64,75)(H,65,69)(H,66,70)(H,72,73)(H,79,80,81)/b14-12+/t34-,35-,36-,41+,42-,44-,50-,51+,52+/m0/s1. The van der Waals surface area contributed by atoms with Crippen molar-refractivity contribution in [2.24, 2.45) is 22.7 Å². The first-order chi connectivity index (χ1) is 40.1. The van der Waals surface area contributed by atoms with E-state index < -0.39 is 159 Å². The molecule has 27 heteroatoms. The van der Waals surface area contributed by atoms with Crippen molar-refractivity contribution in [3.8, 4) is 5.75 Å². The SMILES string of the molecule is COc1ccc(C[C@H]2NC(=O)/C=C/C[C@@H]([C@H](C)[C@H]3O[C@@H]3c3ccc(CNC(=O)[C@H](C)NC(=O)[C@@H](NC(=O)CCN(CCC(=O)O)C(=O)CCC(=O)NCCS(=O)(=O)O)C(C)C)cc3)OC(=O)[C@H](CC(C)(C)C)OC(=O)C(C)(C)[C@H](C)NC2=O)cc1Cl. The maximum absolute atomic E-state index is 14.2. The summed E-state index contributed by atoms with van der Waals surface area (Å²) in [4.78, 5) is 133. The van der Waals surface area contributed by atoms with E-state index in [4.69, 9.17) is 35.1 Å². The van der Waals surface area contributed by atoms with Gasteiger partial charge in [0, 0.05) is 76.7 Å². The minimum Gasteiger partial charge on any atom is -0.495 e. The fraction of sp³-hybridized carbons (Fsp3) is 0.593. The maximum atomic E-state index is 14.2. The van der Waals surface area contributed by atoms with Gasteiger partial charge in [0.15, 0.2) is 6.10 Å². The average molecular weight is 1250 g/mol. The monoisotopic (exact) mass is 1250 g/mol. The Morgan fingerprint density at radius 1 is 0.860 bits per heavy atom. The second-order valence-electron chi connectivity index (χ2n) is 23.7. The third kappa shape index (κ3) is 23.3. The zero-order valence-corrected chi connectivity index (χ0v) is 52.2. The Labute approximate surface area is 507 Å². The topological polar surface area (TPSA) is 361 Å². The zero-order chi connectivity index (χ0) is 64.4. The first-order valence-corrected chi connectivity index (χ1v) is 30.4. The highest BCUT2D eigenvalue weighted by Crippen LogP contribution is 2.45. The highest BCUT2D eigenvalue weighted by Gasteiger charge is 2.48. The molecule has 1 fully saturated rings. The minimum absolute atomic E-state index is 0.0417. The van der Waals surface area contributed by atoms with E-state index in [1.165, 1.54) is 26.2 Å². The molecule has 4 rings (SSSR count). The number of carboxylic acid groups (broad SMARTS) is 1. The largest absolute Gasteiger partial charge is 0.495 e. The molecule has 0 aromatic heterocycles. The summed E-state index contributed by atoms with van der Waals surface area (Å²) in [5.74, 6) is -8.35. The molecule has 2 aromatic rings. The molecule has 8 N–H and O–H groups in total. The Morgan fingerprint density at radius 3 is 2.12 bits per heavy atom. The van der Waals surface area contributed by atoms with Crippen LogP contribution in [-0.2, 0) is 85.2 Å². The molecule has 0 unspecified atom stereocenters. The number of ether oxygens (including phenoxy) is 4. The van der Waals surface area contributed by atoms with Gasteiger partial charge < -0.3 is 60.9 Å². The number of amides is 7. The van der Waals surface area contributed by atoms with Crippen LogP contribution in [0.1, 0.15) is 131 Å². The fourth-order valence-electron chi connectivity index (χ4n) is 9.02. The predicted octanol–water partition coefficient (Wildman–Crippen LogP) is 3.64. The maximum Gasteiger partial charge on any atom is 0.347 e. The lowest BCUT2D eigenvalue weighted by molar-refractivity contribution is -0.181. The van der Waals surface area contributed by atoms with Crippen molar-refractivity contribution < 1.29 is 85.0 Å². The molecule has 476 valence electrons. The zero-order valence-electron chi connectivity index (χ0n) is 50.6. The van der Waals surface area contributed by atoms with Crippen molar-refractivity contribution in [2.45, 2.75) is 169 Å². The van der Waals surface area contributed by atoms with Gasteiger partial charge in [-0.05, 0) is 73.9 Å². The summed E-state index contributed by atoms with van der Waals surface area (Å²) in [5, 5.41) is 25.4. The van der Waals surface area contributed by atoms with Crippen molar-refractivity contribution in [1.29, 1.82) is 0 Å². The van der Waals surface area contributed by atoms with Crippen molar-refractivity contribution >= 4 is 81.0 Å².